The number of nitrogens with zero attached hydrogens (tertiary/aromatic N) is 2. The molecule has 1 aromatic rings. The van der Waals surface area contributed by atoms with E-state index in [4.69, 9.17) is 4.74 Å². The van der Waals surface area contributed by atoms with Gasteiger partial charge in [-0.15, -0.1) is 0 Å². The van der Waals surface area contributed by atoms with Crippen molar-refractivity contribution in [3.8, 4) is 5.75 Å². The lowest BCUT2D eigenvalue weighted by Gasteiger charge is -2.18. The number of anilines is 1. The molecule has 14 heavy (non-hydrogen) atoms. The fraction of sp³-hybridized carbons (Fsp3) is 0.500. The van der Waals surface area contributed by atoms with E-state index in [1.807, 2.05) is 25.1 Å². The van der Waals surface area contributed by atoms with Crippen LogP contribution >= 0.6 is 15.9 Å². The largest absolute Gasteiger partial charge is 0.485 e. The summed E-state index contributed by atoms with van der Waals surface area (Å²) in [6.07, 6.45) is 4.50. The molecule has 2 rings (SSSR count). The average Bonchev–Trinajstić information content (AvgIpc) is 2.91. The molecule has 76 valence electrons. The third-order valence-corrected chi connectivity index (χ3v) is 2.70. The maximum atomic E-state index is 5.80. The number of rotatable bonds is 3. The van der Waals surface area contributed by atoms with Crippen molar-refractivity contribution >= 4 is 21.6 Å². The first-order valence-electron chi connectivity index (χ1n) is 4.67. The summed E-state index contributed by atoms with van der Waals surface area (Å²) in [6, 6.07) is 1.96. The maximum Gasteiger partial charge on any atom is 0.175 e. The molecule has 1 saturated carbocycles. The van der Waals surface area contributed by atoms with Gasteiger partial charge in [0, 0.05) is 20.3 Å². The minimum atomic E-state index is 0.397. The minimum absolute atomic E-state index is 0.397. The first-order chi connectivity index (χ1) is 6.68. The zero-order chi connectivity index (χ0) is 10.1. The first-order valence-corrected chi connectivity index (χ1v) is 5.46. The molecular weight excluding hydrogens is 244 g/mol. The molecule has 0 spiro atoms. The van der Waals surface area contributed by atoms with Gasteiger partial charge in [-0.25, -0.2) is 4.98 Å². The van der Waals surface area contributed by atoms with Crippen LogP contribution in [-0.4, -0.2) is 25.2 Å². The van der Waals surface area contributed by atoms with E-state index in [9.17, 15) is 0 Å². The van der Waals surface area contributed by atoms with E-state index >= 15 is 0 Å². The van der Waals surface area contributed by atoms with Gasteiger partial charge in [0.25, 0.3) is 0 Å². The van der Waals surface area contributed by atoms with Crippen LogP contribution in [0, 0.1) is 0 Å². The van der Waals surface area contributed by atoms with Crippen molar-refractivity contribution in [2.24, 2.45) is 0 Å². The number of ether oxygens (including phenoxy) is 1. The highest BCUT2D eigenvalue weighted by atomic mass is 79.9. The van der Waals surface area contributed by atoms with Crippen LogP contribution < -0.4 is 9.64 Å². The van der Waals surface area contributed by atoms with Crippen molar-refractivity contribution in [1.82, 2.24) is 4.98 Å². The molecule has 0 unspecified atom stereocenters. The van der Waals surface area contributed by atoms with Gasteiger partial charge in [0.1, 0.15) is 4.60 Å². The fourth-order valence-electron chi connectivity index (χ4n) is 1.23. The van der Waals surface area contributed by atoms with E-state index in [2.05, 4.69) is 20.9 Å². The quantitative estimate of drug-likeness (QED) is 0.778. The van der Waals surface area contributed by atoms with Crippen LogP contribution in [-0.2, 0) is 0 Å². The van der Waals surface area contributed by atoms with Crippen LogP contribution in [0.5, 0.6) is 5.75 Å². The molecule has 0 N–H and O–H groups in total. The molecule has 0 aromatic carbocycles. The molecule has 1 aliphatic carbocycles. The van der Waals surface area contributed by atoms with E-state index < -0.39 is 0 Å². The Morgan fingerprint density at radius 1 is 1.50 bits per heavy atom. The third kappa shape index (κ3) is 2.00. The molecule has 1 fully saturated rings. The molecule has 1 aliphatic rings. The van der Waals surface area contributed by atoms with Gasteiger partial charge in [-0.3, -0.25) is 0 Å². The topological polar surface area (TPSA) is 25.4 Å². The standard InChI is InChI=1S/C10H13BrN2O/c1-13(2)8-5-6-12-10(11)9(8)14-7-3-4-7/h5-7H,3-4H2,1-2H3. The number of halogens is 1. The van der Waals surface area contributed by atoms with Crippen LogP contribution in [0.1, 0.15) is 12.8 Å². The molecule has 0 saturated heterocycles. The zero-order valence-corrected chi connectivity index (χ0v) is 9.91. The van der Waals surface area contributed by atoms with Gasteiger partial charge >= 0.3 is 0 Å². The van der Waals surface area contributed by atoms with E-state index in [1.54, 1.807) is 6.20 Å². The molecule has 0 amide bonds. The Balaban J connectivity index is 2.31. The molecule has 0 aliphatic heterocycles. The van der Waals surface area contributed by atoms with Crippen LogP contribution in [0.2, 0.25) is 0 Å². The van der Waals surface area contributed by atoms with Crippen LogP contribution in [0.25, 0.3) is 0 Å². The van der Waals surface area contributed by atoms with Gasteiger partial charge in [0.15, 0.2) is 5.75 Å². The molecule has 0 radical (unpaired) electrons. The summed E-state index contributed by atoms with van der Waals surface area (Å²) < 4.78 is 6.59. The Bertz CT molecular complexity index is 337. The third-order valence-electron chi connectivity index (χ3n) is 2.13. The highest BCUT2D eigenvalue weighted by Gasteiger charge is 2.26. The summed E-state index contributed by atoms with van der Waals surface area (Å²) in [5.74, 6) is 0.861. The van der Waals surface area contributed by atoms with Crippen LogP contribution in [0.3, 0.4) is 0 Å². The average molecular weight is 257 g/mol. The molecule has 1 aromatic heterocycles. The van der Waals surface area contributed by atoms with Gasteiger partial charge in [0.05, 0.1) is 11.8 Å². The monoisotopic (exact) mass is 256 g/mol. The Kier molecular flexibility index (Phi) is 2.63. The Labute approximate surface area is 92.2 Å². The summed E-state index contributed by atoms with van der Waals surface area (Å²) in [5, 5.41) is 0. The highest BCUT2D eigenvalue weighted by Crippen LogP contribution is 2.37. The smallest absolute Gasteiger partial charge is 0.175 e. The van der Waals surface area contributed by atoms with Crippen molar-refractivity contribution in [3.05, 3.63) is 16.9 Å². The first kappa shape index (κ1) is 9.77. The molecule has 4 heteroatoms. The fourth-order valence-corrected chi connectivity index (χ4v) is 1.64. The van der Waals surface area contributed by atoms with Crippen LogP contribution in [0.15, 0.2) is 16.9 Å². The predicted molar refractivity (Wildman–Crippen MR) is 59.9 cm³/mol. The zero-order valence-electron chi connectivity index (χ0n) is 8.33. The molecular formula is C10H13BrN2O. The summed E-state index contributed by atoms with van der Waals surface area (Å²) >= 11 is 3.41. The maximum absolute atomic E-state index is 5.80. The van der Waals surface area contributed by atoms with Gasteiger partial charge in [-0.05, 0) is 34.8 Å². The van der Waals surface area contributed by atoms with E-state index in [0.717, 1.165) is 28.9 Å². The second kappa shape index (κ2) is 3.77. The van der Waals surface area contributed by atoms with E-state index in [0.29, 0.717) is 6.10 Å². The molecule has 0 atom stereocenters. The minimum Gasteiger partial charge on any atom is -0.485 e. The summed E-state index contributed by atoms with van der Waals surface area (Å²) in [5.41, 5.74) is 1.07. The number of hydrogen-bond donors (Lipinski definition) is 0. The van der Waals surface area contributed by atoms with Crippen LogP contribution in [0.4, 0.5) is 5.69 Å². The Morgan fingerprint density at radius 2 is 2.21 bits per heavy atom. The lowest BCUT2D eigenvalue weighted by atomic mass is 10.3. The van der Waals surface area contributed by atoms with Gasteiger partial charge in [-0.2, -0.15) is 0 Å². The SMILES string of the molecule is CN(C)c1ccnc(Br)c1OC1CC1. The van der Waals surface area contributed by atoms with Crippen molar-refractivity contribution in [2.45, 2.75) is 18.9 Å². The molecule has 1 heterocycles. The highest BCUT2D eigenvalue weighted by molar-refractivity contribution is 9.10. The Hall–Kier alpha value is -0.770. The Morgan fingerprint density at radius 3 is 2.79 bits per heavy atom. The van der Waals surface area contributed by atoms with Crippen molar-refractivity contribution in [1.29, 1.82) is 0 Å². The van der Waals surface area contributed by atoms with Gasteiger partial charge in [0.2, 0.25) is 0 Å². The number of hydrogen-bond acceptors (Lipinski definition) is 3. The summed E-state index contributed by atoms with van der Waals surface area (Å²) in [6.45, 7) is 0. The van der Waals surface area contributed by atoms with Gasteiger partial charge in [-0.1, -0.05) is 0 Å². The summed E-state index contributed by atoms with van der Waals surface area (Å²) in [4.78, 5) is 6.20. The predicted octanol–water partition coefficient (Wildman–Crippen LogP) is 2.45. The van der Waals surface area contributed by atoms with Crippen molar-refractivity contribution < 1.29 is 4.74 Å². The molecule has 3 nitrogen and oxygen atoms in total. The lowest BCUT2D eigenvalue weighted by Crippen LogP contribution is -2.12. The van der Waals surface area contributed by atoms with E-state index in [1.165, 1.54) is 0 Å². The second-order valence-corrected chi connectivity index (χ2v) is 4.41. The van der Waals surface area contributed by atoms with E-state index in [-0.39, 0.29) is 0 Å². The van der Waals surface area contributed by atoms with Crippen molar-refractivity contribution in [3.63, 3.8) is 0 Å². The number of aromatic nitrogens is 1. The number of pyridine rings is 1. The van der Waals surface area contributed by atoms with Crippen molar-refractivity contribution in [2.75, 3.05) is 19.0 Å². The summed E-state index contributed by atoms with van der Waals surface area (Å²) in [7, 11) is 4.00. The lowest BCUT2D eigenvalue weighted by molar-refractivity contribution is 0.300. The van der Waals surface area contributed by atoms with Gasteiger partial charge < -0.3 is 9.64 Å². The molecule has 0 bridgehead atoms. The normalized spacial score (nSPS) is 15.4. The second-order valence-electron chi connectivity index (χ2n) is 3.66.